The second kappa shape index (κ2) is 9.39. The fraction of sp³-hybridized carbons (Fsp3) is 0.591. The molecule has 1 saturated carbocycles. The summed E-state index contributed by atoms with van der Waals surface area (Å²) >= 11 is 0. The average Bonchev–Trinajstić information content (AvgIpc) is 3.28. The van der Waals surface area contributed by atoms with Crippen LogP contribution in [0, 0.1) is 0 Å². The highest BCUT2D eigenvalue weighted by molar-refractivity contribution is 6.09. The fourth-order valence-electron chi connectivity index (χ4n) is 4.52. The van der Waals surface area contributed by atoms with E-state index in [0.717, 1.165) is 37.3 Å². The number of amides is 4. The lowest BCUT2D eigenvalue weighted by Crippen LogP contribution is -2.48. The van der Waals surface area contributed by atoms with Crippen molar-refractivity contribution in [2.24, 2.45) is 0 Å². The van der Waals surface area contributed by atoms with E-state index < -0.39 is 11.6 Å². The van der Waals surface area contributed by atoms with Crippen LogP contribution in [-0.2, 0) is 16.0 Å². The standard InChI is InChI=1S/C22H32N4O3/c1-3-25(4-2)18(14-17-10-6-5-7-11-17)15-23-19(27)16-26-20(28)22(24-21(26)29)12-8-9-13-22/h5-7,10-11,18H,3-4,8-9,12-16H2,1-2H3,(H,23,27)(H,24,29). The molecule has 2 N–H and O–H groups in total. The molecule has 2 fully saturated rings. The Morgan fingerprint density at radius 2 is 1.83 bits per heavy atom. The van der Waals surface area contributed by atoms with E-state index in [4.69, 9.17) is 0 Å². The first-order valence-electron chi connectivity index (χ1n) is 10.7. The topological polar surface area (TPSA) is 81.8 Å². The van der Waals surface area contributed by atoms with Crippen LogP contribution < -0.4 is 10.6 Å². The Hall–Kier alpha value is -2.41. The van der Waals surface area contributed by atoms with Gasteiger partial charge in [-0.1, -0.05) is 57.0 Å². The first-order chi connectivity index (χ1) is 14.0. The number of carbonyl (C=O) groups is 3. The molecule has 3 rings (SSSR count). The highest BCUT2D eigenvalue weighted by Crippen LogP contribution is 2.34. The van der Waals surface area contributed by atoms with Crippen LogP contribution in [0.4, 0.5) is 4.79 Å². The highest BCUT2D eigenvalue weighted by Gasteiger charge is 2.52. The summed E-state index contributed by atoms with van der Waals surface area (Å²) in [6.45, 7) is 6.25. The van der Waals surface area contributed by atoms with Crippen molar-refractivity contribution in [2.75, 3.05) is 26.2 Å². The van der Waals surface area contributed by atoms with Crippen LogP contribution in [0.2, 0.25) is 0 Å². The molecule has 1 heterocycles. The number of carbonyl (C=O) groups excluding carboxylic acids is 3. The van der Waals surface area contributed by atoms with Crippen LogP contribution in [0.15, 0.2) is 30.3 Å². The first-order valence-corrected chi connectivity index (χ1v) is 10.7. The number of hydrogen-bond donors (Lipinski definition) is 2. The second-order valence-corrected chi connectivity index (χ2v) is 7.98. The predicted octanol–water partition coefficient (Wildman–Crippen LogP) is 1.92. The molecule has 0 radical (unpaired) electrons. The van der Waals surface area contributed by atoms with Crippen molar-refractivity contribution in [3.8, 4) is 0 Å². The minimum Gasteiger partial charge on any atom is -0.353 e. The van der Waals surface area contributed by atoms with Gasteiger partial charge in [-0.3, -0.25) is 19.4 Å². The van der Waals surface area contributed by atoms with Crippen LogP contribution >= 0.6 is 0 Å². The van der Waals surface area contributed by atoms with Gasteiger partial charge in [0.25, 0.3) is 5.91 Å². The SMILES string of the molecule is CCN(CC)C(CNC(=O)CN1C(=O)NC2(CCCC2)C1=O)Cc1ccccc1. The van der Waals surface area contributed by atoms with E-state index in [1.165, 1.54) is 5.56 Å². The molecule has 0 bridgehead atoms. The molecule has 1 aliphatic carbocycles. The average molecular weight is 401 g/mol. The third kappa shape index (κ3) is 4.78. The molecule has 1 unspecified atom stereocenters. The van der Waals surface area contributed by atoms with Crippen LogP contribution in [-0.4, -0.2) is 65.4 Å². The Labute approximate surface area is 172 Å². The molecule has 1 aromatic carbocycles. The van der Waals surface area contributed by atoms with E-state index in [1.807, 2.05) is 18.2 Å². The van der Waals surface area contributed by atoms with E-state index in [9.17, 15) is 14.4 Å². The van der Waals surface area contributed by atoms with Gasteiger partial charge in [-0.05, 0) is 37.9 Å². The molecule has 4 amide bonds. The number of imide groups is 1. The monoisotopic (exact) mass is 400 g/mol. The molecule has 0 aromatic heterocycles. The number of nitrogens with one attached hydrogen (secondary N) is 2. The third-order valence-corrected chi connectivity index (χ3v) is 6.18. The first kappa shape index (κ1) is 21.3. The van der Waals surface area contributed by atoms with E-state index in [2.05, 4.69) is 41.5 Å². The molecule has 7 nitrogen and oxygen atoms in total. The molecule has 29 heavy (non-hydrogen) atoms. The smallest absolute Gasteiger partial charge is 0.325 e. The molecule has 1 saturated heterocycles. The van der Waals surface area contributed by atoms with Gasteiger partial charge in [0.15, 0.2) is 0 Å². The number of urea groups is 1. The van der Waals surface area contributed by atoms with Crippen LogP contribution in [0.1, 0.15) is 45.1 Å². The number of benzene rings is 1. The van der Waals surface area contributed by atoms with Crippen molar-refractivity contribution in [1.29, 1.82) is 0 Å². The lowest BCUT2D eigenvalue weighted by molar-refractivity contribution is -0.134. The van der Waals surface area contributed by atoms with Crippen LogP contribution in [0.25, 0.3) is 0 Å². The molecule has 1 aromatic rings. The van der Waals surface area contributed by atoms with Gasteiger partial charge in [-0.15, -0.1) is 0 Å². The molecule has 1 aliphatic heterocycles. The van der Waals surface area contributed by atoms with Crippen LogP contribution in [0.5, 0.6) is 0 Å². The van der Waals surface area contributed by atoms with Gasteiger partial charge >= 0.3 is 6.03 Å². The molecule has 1 spiro atoms. The zero-order valence-electron chi connectivity index (χ0n) is 17.4. The summed E-state index contributed by atoms with van der Waals surface area (Å²) in [6.07, 6.45) is 4.01. The zero-order valence-corrected chi connectivity index (χ0v) is 17.4. The summed E-state index contributed by atoms with van der Waals surface area (Å²) in [4.78, 5) is 40.9. The Morgan fingerprint density at radius 3 is 2.45 bits per heavy atom. The number of nitrogens with zero attached hydrogens (tertiary/aromatic N) is 2. The van der Waals surface area contributed by atoms with Crippen molar-refractivity contribution in [3.63, 3.8) is 0 Å². The van der Waals surface area contributed by atoms with Gasteiger partial charge < -0.3 is 10.6 Å². The quantitative estimate of drug-likeness (QED) is 0.621. The minimum absolute atomic E-state index is 0.153. The van der Waals surface area contributed by atoms with Crippen LogP contribution in [0.3, 0.4) is 0 Å². The largest absolute Gasteiger partial charge is 0.353 e. The van der Waals surface area contributed by atoms with Crippen molar-refractivity contribution in [2.45, 2.75) is 57.5 Å². The summed E-state index contributed by atoms with van der Waals surface area (Å²) in [5.41, 5.74) is 0.449. The van der Waals surface area contributed by atoms with E-state index in [-0.39, 0.29) is 24.4 Å². The number of rotatable bonds is 9. The van der Waals surface area contributed by atoms with Crippen molar-refractivity contribution < 1.29 is 14.4 Å². The predicted molar refractivity (Wildman–Crippen MR) is 111 cm³/mol. The zero-order chi connectivity index (χ0) is 20.9. The Kier molecular flexibility index (Phi) is 6.90. The summed E-state index contributed by atoms with van der Waals surface area (Å²) in [7, 11) is 0. The summed E-state index contributed by atoms with van der Waals surface area (Å²) in [5.74, 6) is -0.548. The van der Waals surface area contributed by atoms with Crippen molar-refractivity contribution in [1.82, 2.24) is 20.4 Å². The maximum absolute atomic E-state index is 12.7. The summed E-state index contributed by atoms with van der Waals surface area (Å²) < 4.78 is 0. The van der Waals surface area contributed by atoms with E-state index in [0.29, 0.717) is 19.4 Å². The molecular formula is C22H32N4O3. The maximum atomic E-state index is 12.7. The Balaban J connectivity index is 1.58. The number of hydrogen-bond acceptors (Lipinski definition) is 4. The molecule has 2 aliphatic rings. The normalized spacial score (nSPS) is 19.1. The minimum atomic E-state index is -0.769. The number of likely N-dealkylation sites (N-methyl/N-ethyl adjacent to an activating group) is 1. The van der Waals surface area contributed by atoms with Gasteiger partial charge in [-0.2, -0.15) is 0 Å². The van der Waals surface area contributed by atoms with Gasteiger partial charge in [0, 0.05) is 12.6 Å². The molecule has 1 atom stereocenters. The van der Waals surface area contributed by atoms with E-state index >= 15 is 0 Å². The van der Waals surface area contributed by atoms with Gasteiger partial charge in [0.1, 0.15) is 12.1 Å². The molecular weight excluding hydrogens is 368 g/mol. The highest BCUT2D eigenvalue weighted by atomic mass is 16.2. The summed E-state index contributed by atoms with van der Waals surface area (Å²) in [5, 5.41) is 5.76. The van der Waals surface area contributed by atoms with Crippen molar-refractivity contribution >= 4 is 17.8 Å². The lowest BCUT2D eigenvalue weighted by atomic mass is 9.98. The Bertz CT molecular complexity index is 727. The van der Waals surface area contributed by atoms with Crippen molar-refractivity contribution in [3.05, 3.63) is 35.9 Å². The van der Waals surface area contributed by atoms with Gasteiger partial charge in [-0.25, -0.2) is 4.79 Å². The van der Waals surface area contributed by atoms with Gasteiger partial charge in [0.05, 0.1) is 0 Å². The second-order valence-electron chi connectivity index (χ2n) is 7.98. The third-order valence-electron chi connectivity index (χ3n) is 6.18. The molecule has 158 valence electrons. The Morgan fingerprint density at radius 1 is 1.17 bits per heavy atom. The van der Waals surface area contributed by atoms with E-state index in [1.54, 1.807) is 0 Å². The molecule has 7 heteroatoms. The summed E-state index contributed by atoms with van der Waals surface area (Å²) in [6, 6.07) is 9.91. The maximum Gasteiger partial charge on any atom is 0.325 e. The fourth-order valence-corrected chi connectivity index (χ4v) is 4.52. The van der Waals surface area contributed by atoms with Gasteiger partial charge in [0.2, 0.25) is 5.91 Å². The lowest BCUT2D eigenvalue weighted by Gasteiger charge is -2.30.